The Balaban J connectivity index is 1.56. The van der Waals surface area contributed by atoms with E-state index in [1.54, 1.807) is 18.3 Å². The minimum atomic E-state index is -0.237. The number of benzene rings is 1. The molecule has 3 aliphatic rings. The van der Waals surface area contributed by atoms with Gasteiger partial charge in [-0.05, 0) is 48.7 Å². The number of fused-ring (bicyclic) bond motifs is 4. The molecule has 0 atom stereocenters. The summed E-state index contributed by atoms with van der Waals surface area (Å²) in [6.07, 6.45) is 7.80. The van der Waals surface area contributed by atoms with E-state index in [1.165, 1.54) is 12.1 Å². The number of aromatic nitrogens is 2. The second-order valence-corrected chi connectivity index (χ2v) is 7.37. The molecule has 0 N–H and O–H groups in total. The largest absolute Gasteiger partial charge is 0.369 e. The number of carbonyl (C=O) groups excluding carboxylic acids is 1. The molecule has 5 heterocycles. The van der Waals surface area contributed by atoms with Gasteiger partial charge in [-0.15, -0.1) is 0 Å². The second-order valence-electron chi connectivity index (χ2n) is 7.37. The van der Waals surface area contributed by atoms with Crippen LogP contribution in [0.1, 0.15) is 24.0 Å². The molecule has 2 aromatic heterocycles. The lowest BCUT2D eigenvalue weighted by Crippen LogP contribution is -2.45. The minimum Gasteiger partial charge on any atom is -0.369 e. The van der Waals surface area contributed by atoms with E-state index < -0.39 is 0 Å². The first kappa shape index (κ1) is 16.2. The molecule has 3 aromatic rings. The van der Waals surface area contributed by atoms with Crippen LogP contribution in [0.25, 0.3) is 17.1 Å². The van der Waals surface area contributed by atoms with Crippen molar-refractivity contribution in [1.82, 2.24) is 14.5 Å². The van der Waals surface area contributed by atoms with Crippen LogP contribution in [-0.4, -0.2) is 33.3 Å². The maximum absolute atomic E-state index is 13.2. The van der Waals surface area contributed by atoms with Crippen LogP contribution in [0.15, 0.2) is 54.5 Å². The Hall–Kier alpha value is -2.95. The zero-order valence-electron chi connectivity index (χ0n) is 14.9. The van der Waals surface area contributed by atoms with Crippen molar-refractivity contribution in [1.29, 1.82) is 0 Å². The van der Waals surface area contributed by atoms with Gasteiger partial charge in [-0.2, -0.15) is 0 Å². The van der Waals surface area contributed by atoms with Crippen LogP contribution < -0.4 is 0 Å². The molecule has 136 valence electrons. The number of halogens is 1. The number of hydrogen-bond donors (Lipinski definition) is 0. The first-order valence-electron chi connectivity index (χ1n) is 9.38. The number of piperidine rings is 3. The summed E-state index contributed by atoms with van der Waals surface area (Å²) < 4.78 is 15.3. The van der Waals surface area contributed by atoms with Crippen molar-refractivity contribution in [2.75, 3.05) is 13.1 Å². The van der Waals surface area contributed by atoms with Crippen molar-refractivity contribution in [3.05, 3.63) is 71.4 Å². The van der Waals surface area contributed by atoms with Crippen LogP contribution >= 0.6 is 0 Å². The predicted octanol–water partition coefficient (Wildman–Crippen LogP) is 3.86. The van der Waals surface area contributed by atoms with E-state index in [9.17, 15) is 9.18 Å². The van der Waals surface area contributed by atoms with Crippen molar-refractivity contribution in [2.45, 2.75) is 19.4 Å². The monoisotopic (exact) mass is 361 g/mol. The van der Waals surface area contributed by atoms with Gasteiger partial charge in [-0.1, -0.05) is 12.1 Å². The van der Waals surface area contributed by atoms with Crippen LogP contribution in [-0.2, 0) is 11.3 Å². The van der Waals surface area contributed by atoms with Crippen LogP contribution in [0, 0.1) is 11.7 Å². The molecule has 0 aliphatic carbocycles. The van der Waals surface area contributed by atoms with E-state index in [1.807, 2.05) is 24.4 Å². The molecule has 0 spiro atoms. The zero-order chi connectivity index (χ0) is 18.4. The maximum Gasteiger partial charge on any atom is 0.182 e. The van der Waals surface area contributed by atoms with Gasteiger partial charge in [0.25, 0.3) is 0 Å². The summed E-state index contributed by atoms with van der Waals surface area (Å²) in [5.74, 6) is 0.224. The number of ketones is 1. The Morgan fingerprint density at radius 2 is 1.93 bits per heavy atom. The van der Waals surface area contributed by atoms with E-state index in [4.69, 9.17) is 0 Å². The van der Waals surface area contributed by atoms with Crippen molar-refractivity contribution < 1.29 is 9.18 Å². The highest BCUT2D eigenvalue weighted by Gasteiger charge is 2.36. The molecule has 5 heteroatoms. The van der Waals surface area contributed by atoms with Crippen LogP contribution in [0.2, 0.25) is 0 Å². The quantitative estimate of drug-likeness (QED) is 0.665. The molecule has 2 bridgehead atoms. The Bertz CT molecular complexity index is 1040. The number of nitrogens with zero attached hydrogens (tertiary/aromatic N) is 3. The average Bonchev–Trinajstić information content (AvgIpc) is 3.04. The first-order valence-corrected chi connectivity index (χ1v) is 9.38. The Labute approximate surface area is 156 Å². The molecule has 4 nitrogen and oxygen atoms in total. The summed E-state index contributed by atoms with van der Waals surface area (Å²) in [5, 5.41) is 1.03. The highest BCUT2D eigenvalue weighted by Crippen LogP contribution is 2.33. The molecule has 27 heavy (non-hydrogen) atoms. The lowest BCUT2D eigenvalue weighted by Gasteiger charge is -2.41. The summed E-state index contributed by atoms with van der Waals surface area (Å²) in [4.78, 5) is 19.4. The number of Topliss-reactive ketones (excluding diaryl/α,β-unsaturated/α-hetero) is 1. The molecule has 3 aliphatic heterocycles. The van der Waals surface area contributed by atoms with Crippen LogP contribution in [0.3, 0.4) is 0 Å². The molecular weight excluding hydrogens is 341 g/mol. The van der Waals surface area contributed by atoms with E-state index in [0.717, 1.165) is 53.8 Å². The Morgan fingerprint density at radius 1 is 1.15 bits per heavy atom. The van der Waals surface area contributed by atoms with Gasteiger partial charge in [-0.25, -0.2) is 9.37 Å². The molecule has 0 amide bonds. The van der Waals surface area contributed by atoms with Gasteiger partial charge in [0.05, 0.1) is 5.70 Å². The lowest BCUT2D eigenvalue weighted by atomic mass is 9.84. The molecule has 6 rings (SSSR count). The zero-order valence-corrected chi connectivity index (χ0v) is 14.9. The summed E-state index contributed by atoms with van der Waals surface area (Å²) in [6.45, 7) is 2.54. The normalized spacial score (nSPS) is 18.8. The predicted molar refractivity (Wildman–Crippen MR) is 103 cm³/mol. The number of rotatable bonds is 3. The van der Waals surface area contributed by atoms with Gasteiger partial charge in [0, 0.05) is 48.9 Å². The molecule has 0 saturated carbocycles. The van der Waals surface area contributed by atoms with Gasteiger partial charge in [-0.3, -0.25) is 4.79 Å². The number of carbonyl (C=O) groups is 1. The molecule has 3 fully saturated rings. The fourth-order valence-electron chi connectivity index (χ4n) is 4.23. The Kier molecular flexibility index (Phi) is 3.81. The summed E-state index contributed by atoms with van der Waals surface area (Å²) in [6, 6.07) is 10.5. The van der Waals surface area contributed by atoms with Crippen molar-refractivity contribution in [2.24, 2.45) is 5.92 Å². The summed E-state index contributed by atoms with van der Waals surface area (Å²) in [7, 11) is 0. The third-order valence-electron chi connectivity index (χ3n) is 5.68. The Morgan fingerprint density at radius 3 is 2.67 bits per heavy atom. The molecular formula is C22H20FN3O. The third-order valence-corrected chi connectivity index (χ3v) is 5.68. The van der Waals surface area contributed by atoms with Crippen molar-refractivity contribution in [3.8, 4) is 0 Å². The van der Waals surface area contributed by atoms with Crippen LogP contribution in [0.4, 0.5) is 4.39 Å². The minimum absolute atomic E-state index is 0.187. The highest BCUT2D eigenvalue weighted by molar-refractivity contribution is 6.03. The van der Waals surface area contributed by atoms with Gasteiger partial charge in [0.1, 0.15) is 11.5 Å². The van der Waals surface area contributed by atoms with Gasteiger partial charge < -0.3 is 9.47 Å². The molecule has 1 aromatic carbocycles. The van der Waals surface area contributed by atoms with E-state index >= 15 is 0 Å². The molecule has 0 radical (unpaired) electrons. The van der Waals surface area contributed by atoms with E-state index in [0.29, 0.717) is 6.54 Å². The van der Waals surface area contributed by atoms with Gasteiger partial charge in [0.2, 0.25) is 0 Å². The topological polar surface area (TPSA) is 38.1 Å². The van der Waals surface area contributed by atoms with Gasteiger partial charge in [0.15, 0.2) is 5.78 Å². The molecule has 3 saturated heterocycles. The van der Waals surface area contributed by atoms with Crippen molar-refractivity contribution in [3.63, 3.8) is 0 Å². The fourth-order valence-corrected chi connectivity index (χ4v) is 4.23. The highest BCUT2D eigenvalue weighted by atomic mass is 19.1. The molecule has 0 unspecified atom stereocenters. The smallest absolute Gasteiger partial charge is 0.182 e. The SMILES string of the molecule is O=C1/C(=C/c2cn(Cc3ccc(F)cc3)c3ncccc23)N2CCC1CC2. The fraction of sp³-hybridized carbons (Fsp3) is 0.273. The summed E-state index contributed by atoms with van der Waals surface area (Å²) >= 11 is 0. The first-order chi connectivity index (χ1) is 13.2. The van der Waals surface area contributed by atoms with Crippen LogP contribution in [0.5, 0.6) is 0 Å². The van der Waals surface area contributed by atoms with E-state index in [2.05, 4.69) is 14.5 Å². The number of pyridine rings is 1. The van der Waals surface area contributed by atoms with Gasteiger partial charge >= 0.3 is 0 Å². The number of allylic oxidation sites excluding steroid dienone is 1. The standard InChI is InChI=1S/C22H20FN3O/c23-18-5-3-15(4-6-18)13-26-14-17(19-2-1-9-24-22(19)26)12-20-21(27)16-7-10-25(20)11-8-16/h1-6,9,12,14,16H,7-8,10-11,13H2/b20-12-. The average molecular weight is 361 g/mol. The van der Waals surface area contributed by atoms with E-state index in [-0.39, 0.29) is 17.5 Å². The maximum atomic E-state index is 13.2. The lowest BCUT2D eigenvalue weighted by molar-refractivity contribution is -0.125. The second kappa shape index (κ2) is 6.34. The summed E-state index contributed by atoms with van der Waals surface area (Å²) in [5.41, 5.74) is 3.73. The number of hydrogen-bond acceptors (Lipinski definition) is 3. The van der Waals surface area contributed by atoms with Crippen molar-refractivity contribution >= 4 is 22.9 Å². The third kappa shape index (κ3) is 2.83.